The highest BCUT2D eigenvalue weighted by molar-refractivity contribution is 7.00. The van der Waals surface area contributed by atoms with Crippen LogP contribution in [0.5, 0.6) is 0 Å². The van der Waals surface area contributed by atoms with Gasteiger partial charge in [0.2, 0.25) is 5.91 Å². The van der Waals surface area contributed by atoms with Gasteiger partial charge in [0, 0.05) is 11.3 Å². The third kappa shape index (κ3) is 3.52. The van der Waals surface area contributed by atoms with Gasteiger partial charge in [-0.2, -0.15) is 8.75 Å². The first kappa shape index (κ1) is 16.2. The SMILES string of the molecule is O=C1CN=C(c2ccc(NC(=O)Cc3ccc4nsnc4c3)cc2)NN1. The molecule has 9 heteroatoms. The van der Waals surface area contributed by atoms with Gasteiger partial charge in [-0.3, -0.25) is 25.4 Å². The summed E-state index contributed by atoms with van der Waals surface area (Å²) in [6.07, 6.45) is 0.259. The lowest BCUT2D eigenvalue weighted by molar-refractivity contribution is -0.120. The van der Waals surface area contributed by atoms with Crippen LogP contribution in [0.4, 0.5) is 5.69 Å². The summed E-state index contributed by atoms with van der Waals surface area (Å²) in [6.45, 7) is 0.0969. The number of carbonyl (C=O) groups excluding carboxylic acids is 2. The summed E-state index contributed by atoms with van der Waals surface area (Å²) in [5.41, 5.74) is 9.30. The van der Waals surface area contributed by atoms with Gasteiger partial charge < -0.3 is 5.32 Å². The van der Waals surface area contributed by atoms with E-state index in [4.69, 9.17) is 0 Å². The van der Waals surface area contributed by atoms with Gasteiger partial charge in [0.1, 0.15) is 23.4 Å². The monoisotopic (exact) mass is 366 g/mol. The normalized spacial score (nSPS) is 13.7. The first-order valence-corrected chi connectivity index (χ1v) is 8.61. The second-order valence-electron chi connectivity index (χ2n) is 5.73. The van der Waals surface area contributed by atoms with Crippen LogP contribution >= 0.6 is 11.7 Å². The Kier molecular flexibility index (Phi) is 4.28. The molecule has 0 bridgehead atoms. The number of amidine groups is 1. The summed E-state index contributed by atoms with van der Waals surface area (Å²) in [5, 5.41) is 2.87. The van der Waals surface area contributed by atoms with E-state index in [1.54, 1.807) is 12.1 Å². The number of fused-ring (bicyclic) bond motifs is 1. The fraction of sp³-hybridized carbons (Fsp3) is 0.118. The molecule has 0 saturated carbocycles. The predicted molar refractivity (Wildman–Crippen MR) is 98.9 cm³/mol. The summed E-state index contributed by atoms with van der Waals surface area (Å²) >= 11 is 1.16. The summed E-state index contributed by atoms with van der Waals surface area (Å²) < 4.78 is 8.33. The minimum atomic E-state index is -0.177. The topological polar surface area (TPSA) is 108 Å². The number of nitrogens with one attached hydrogen (secondary N) is 3. The highest BCUT2D eigenvalue weighted by Gasteiger charge is 2.12. The number of aromatic nitrogens is 2. The van der Waals surface area contributed by atoms with E-state index in [2.05, 4.69) is 29.9 Å². The molecule has 0 aliphatic carbocycles. The molecule has 26 heavy (non-hydrogen) atoms. The Morgan fingerprint density at radius 1 is 1.08 bits per heavy atom. The average molecular weight is 366 g/mol. The van der Waals surface area contributed by atoms with Crippen molar-refractivity contribution >= 4 is 46.1 Å². The van der Waals surface area contributed by atoms with Gasteiger partial charge in [0.15, 0.2) is 0 Å². The van der Waals surface area contributed by atoms with Gasteiger partial charge in [-0.25, -0.2) is 0 Å². The predicted octanol–water partition coefficient (Wildman–Crippen LogP) is 1.25. The second kappa shape index (κ2) is 6.89. The molecule has 1 aromatic heterocycles. The van der Waals surface area contributed by atoms with Crippen LogP contribution in [0, 0.1) is 0 Å². The van der Waals surface area contributed by atoms with E-state index in [1.165, 1.54) is 0 Å². The van der Waals surface area contributed by atoms with Crippen molar-refractivity contribution in [1.29, 1.82) is 0 Å². The molecule has 8 nitrogen and oxygen atoms in total. The number of hydrogen-bond donors (Lipinski definition) is 3. The molecule has 0 atom stereocenters. The molecular formula is C17H14N6O2S. The van der Waals surface area contributed by atoms with Crippen molar-refractivity contribution in [3.63, 3.8) is 0 Å². The van der Waals surface area contributed by atoms with Crippen LogP contribution in [0.1, 0.15) is 11.1 Å². The molecule has 3 aromatic rings. The number of amides is 2. The van der Waals surface area contributed by atoms with Crippen molar-refractivity contribution in [2.75, 3.05) is 11.9 Å². The molecule has 2 aromatic carbocycles. The van der Waals surface area contributed by atoms with Crippen LogP contribution in [-0.4, -0.2) is 32.9 Å². The van der Waals surface area contributed by atoms with Gasteiger partial charge >= 0.3 is 0 Å². The van der Waals surface area contributed by atoms with Crippen molar-refractivity contribution in [3.8, 4) is 0 Å². The molecule has 0 saturated heterocycles. The molecule has 0 fully saturated rings. The number of rotatable bonds is 4. The van der Waals surface area contributed by atoms with Gasteiger partial charge in [-0.1, -0.05) is 6.07 Å². The quantitative estimate of drug-likeness (QED) is 0.644. The number of aliphatic imine (C=N–C) groups is 1. The van der Waals surface area contributed by atoms with Crippen LogP contribution in [0.3, 0.4) is 0 Å². The lowest BCUT2D eigenvalue weighted by atomic mass is 10.1. The standard InChI is InChI=1S/C17H14N6O2S/c24-15(8-10-1-6-13-14(7-10)23-26-22-13)19-12-4-2-11(3-5-12)17-18-9-16(25)20-21-17/h1-7H,8-9H2,(H,18,21)(H,19,24)(H,20,25). The molecule has 4 rings (SSSR count). The summed E-state index contributed by atoms with van der Waals surface area (Å²) in [6, 6.07) is 12.9. The van der Waals surface area contributed by atoms with E-state index in [0.29, 0.717) is 11.5 Å². The van der Waals surface area contributed by atoms with Crippen molar-refractivity contribution in [2.24, 2.45) is 4.99 Å². The van der Waals surface area contributed by atoms with Crippen LogP contribution in [0.25, 0.3) is 11.0 Å². The molecule has 2 amide bonds. The number of nitrogens with zero attached hydrogens (tertiary/aromatic N) is 3. The molecule has 1 aliphatic heterocycles. The zero-order valence-electron chi connectivity index (χ0n) is 13.5. The summed E-state index contributed by atoms with van der Waals surface area (Å²) in [7, 11) is 0. The number of carbonyl (C=O) groups is 2. The smallest absolute Gasteiger partial charge is 0.260 e. The Labute approximate surface area is 152 Å². The molecule has 130 valence electrons. The molecule has 0 radical (unpaired) electrons. The first-order valence-electron chi connectivity index (χ1n) is 7.88. The van der Waals surface area contributed by atoms with Crippen LogP contribution < -0.4 is 16.2 Å². The summed E-state index contributed by atoms with van der Waals surface area (Å²) in [4.78, 5) is 27.5. The Morgan fingerprint density at radius 3 is 2.65 bits per heavy atom. The van der Waals surface area contributed by atoms with E-state index < -0.39 is 0 Å². The van der Waals surface area contributed by atoms with E-state index >= 15 is 0 Å². The lowest BCUT2D eigenvalue weighted by Crippen LogP contribution is -2.47. The maximum atomic E-state index is 12.3. The van der Waals surface area contributed by atoms with E-state index in [9.17, 15) is 9.59 Å². The Morgan fingerprint density at radius 2 is 1.88 bits per heavy atom. The maximum absolute atomic E-state index is 12.3. The number of hydrogen-bond acceptors (Lipinski definition) is 7. The minimum absolute atomic E-state index is 0.0969. The number of benzene rings is 2. The van der Waals surface area contributed by atoms with Gasteiger partial charge in [-0.05, 0) is 42.0 Å². The third-order valence-electron chi connectivity index (χ3n) is 3.83. The van der Waals surface area contributed by atoms with Gasteiger partial charge in [-0.15, -0.1) is 0 Å². The van der Waals surface area contributed by atoms with Crippen molar-refractivity contribution < 1.29 is 9.59 Å². The van der Waals surface area contributed by atoms with Crippen LogP contribution in [0.2, 0.25) is 0 Å². The lowest BCUT2D eigenvalue weighted by Gasteiger charge is -2.15. The Bertz CT molecular complexity index is 1010. The van der Waals surface area contributed by atoms with E-state index in [-0.39, 0.29) is 24.8 Å². The fourth-order valence-corrected chi connectivity index (χ4v) is 3.08. The van der Waals surface area contributed by atoms with Crippen molar-refractivity contribution in [3.05, 3.63) is 53.6 Å². The minimum Gasteiger partial charge on any atom is -0.326 e. The molecule has 3 N–H and O–H groups in total. The highest BCUT2D eigenvalue weighted by atomic mass is 32.1. The molecule has 1 aliphatic rings. The molecule has 2 heterocycles. The van der Waals surface area contributed by atoms with Gasteiger partial charge in [0.25, 0.3) is 5.91 Å². The third-order valence-corrected chi connectivity index (χ3v) is 4.38. The summed E-state index contributed by atoms with van der Waals surface area (Å²) in [5.74, 6) is 0.303. The molecule has 0 spiro atoms. The van der Waals surface area contributed by atoms with E-state index in [0.717, 1.165) is 33.9 Å². The fourth-order valence-electron chi connectivity index (χ4n) is 2.56. The molecular weight excluding hydrogens is 352 g/mol. The average Bonchev–Trinajstić information content (AvgIpc) is 3.11. The zero-order chi connectivity index (χ0) is 17.9. The Balaban J connectivity index is 1.40. The number of anilines is 1. The Hall–Kier alpha value is -3.33. The van der Waals surface area contributed by atoms with E-state index in [1.807, 2.05) is 30.3 Å². The maximum Gasteiger partial charge on any atom is 0.260 e. The van der Waals surface area contributed by atoms with Gasteiger partial charge in [0.05, 0.1) is 18.1 Å². The highest BCUT2D eigenvalue weighted by Crippen LogP contribution is 2.15. The van der Waals surface area contributed by atoms with Crippen molar-refractivity contribution in [1.82, 2.24) is 19.6 Å². The van der Waals surface area contributed by atoms with Crippen molar-refractivity contribution in [2.45, 2.75) is 6.42 Å². The largest absolute Gasteiger partial charge is 0.326 e. The first-order chi connectivity index (χ1) is 12.7. The zero-order valence-corrected chi connectivity index (χ0v) is 14.3. The van der Waals surface area contributed by atoms with Crippen LogP contribution in [0.15, 0.2) is 47.5 Å². The number of hydrazine groups is 1. The second-order valence-corrected chi connectivity index (χ2v) is 6.26. The molecule has 0 unspecified atom stereocenters. The van der Waals surface area contributed by atoms with Crippen LogP contribution in [-0.2, 0) is 16.0 Å².